The van der Waals surface area contributed by atoms with Gasteiger partial charge < -0.3 is 5.32 Å². The van der Waals surface area contributed by atoms with Gasteiger partial charge in [0, 0.05) is 35.0 Å². The van der Waals surface area contributed by atoms with Crippen LogP contribution < -0.4 is 10.0 Å². The highest BCUT2D eigenvalue weighted by Crippen LogP contribution is 2.23. The van der Waals surface area contributed by atoms with Crippen molar-refractivity contribution in [1.29, 1.82) is 0 Å². The van der Waals surface area contributed by atoms with Crippen LogP contribution in [0.2, 0.25) is 0 Å². The molecule has 146 valence electrons. The summed E-state index contributed by atoms with van der Waals surface area (Å²) in [6.07, 6.45) is 0. The van der Waals surface area contributed by atoms with Crippen molar-refractivity contribution in [2.24, 2.45) is 0 Å². The van der Waals surface area contributed by atoms with E-state index in [-0.39, 0.29) is 23.1 Å². The highest BCUT2D eigenvalue weighted by atomic mass is 32.2. The maximum Gasteiger partial charge on any atom is 0.241 e. The van der Waals surface area contributed by atoms with Gasteiger partial charge in [-0.25, -0.2) is 13.1 Å². The summed E-state index contributed by atoms with van der Waals surface area (Å²) in [7, 11) is -3.73. The summed E-state index contributed by atoms with van der Waals surface area (Å²) in [5.41, 5.74) is 1.70. The number of hydrogen-bond acceptors (Lipinski definition) is 6. The van der Waals surface area contributed by atoms with Gasteiger partial charge in [-0.1, -0.05) is 0 Å². The van der Waals surface area contributed by atoms with Crippen LogP contribution in [-0.4, -0.2) is 20.1 Å². The van der Waals surface area contributed by atoms with E-state index >= 15 is 0 Å². The fraction of sp³-hybridized carbons (Fsp3) is 0.158. The zero-order valence-corrected chi connectivity index (χ0v) is 17.6. The molecule has 1 aromatic carbocycles. The Balaban J connectivity index is 1.70. The summed E-state index contributed by atoms with van der Waals surface area (Å²) in [5, 5.41) is 6.26. The van der Waals surface area contributed by atoms with Gasteiger partial charge in [-0.2, -0.15) is 11.3 Å². The molecule has 3 rings (SSSR count). The zero-order valence-electron chi connectivity index (χ0n) is 15.2. The topological polar surface area (TPSA) is 92.3 Å². The molecule has 1 amide bonds. The molecule has 0 spiro atoms. The molecular weight excluding hydrogens is 416 g/mol. The molecule has 0 aliphatic rings. The first-order valence-electron chi connectivity index (χ1n) is 8.30. The summed E-state index contributed by atoms with van der Waals surface area (Å²) >= 11 is 2.72. The molecule has 0 saturated heterocycles. The molecule has 0 radical (unpaired) electrons. The van der Waals surface area contributed by atoms with E-state index in [1.807, 2.05) is 5.38 Å². The van der Waals surface area contributed by atoms with Gasteiger partial charge in [-0.15, -0.1) is 11.3 Å². The molecule has 0 aliphatic carbocycles. The molecular formula is C19H18N2O4S3. The summed E-state index contributed by atoms with van der Waals surface area (Å²) < 4.78 is 27.8. The Morgan fingerprint density at radius 2 is 1.89 bits per heavy atom. The smallest absolute Gasteiger partial charge is 0.241 e. The van der Waals surface area contributed by atoms with E-state index in [0.29, 0.717) is 21.7 Å². The number of benzene rings is 1. The van der Waals surface area contributed by atoms with Crippen molar-refractivity contribution in [2.45, 2.75) is 25.3 Å². The molecule has 0 saturated carbocycles. The quantitative estimate of drug-likeness (QED) is 0.554. The highest BCUT2D eigenvalue weighted by Gasteiger charge is 2.18. The van der Waals surface area contributed by atoms with Gasteiger partial charge in [0.1, 0.15) is 0 Å². The zero-order chi connectivity index (χ0) is 20.3. The van der Waals surface area contributed by atoms with E-state index in [0.717, 1.165) is 4.88 Å². The standard InChI is InChI=1S/C19H18N2O4S3/c1-12-9-15(21-13(2)22)3-6-18(12)28(24,25)20-10-16-4-5-17(27-16)19(23)14-7-8-26-11-14/h3-9,11,20H,10H2,1-2H3,(H,21,22). The molecule has 0 aliphatic heterocycles. The number of aryl methyl sites for hydroxylation is 1. The predicted molar refractivity (Wildman–Crippen MR) is 112 cm³/mol. The Hall–Kier alpha value is -2.33. The van der Waals surface area contributed by atoms with E-state index in [9.17, 15) is 18.0 Å². The van der Waals surface area contributed by atoms with Gasteiger partial charge in [0.2, 0.25) is 21.7 Å². The second-order valence-electron chi connectivity index (χ2n) is 6.09. The fourth-order valence-corrected chi connectivity index (χ4v) is 5.47. The number of sulfonamides is 1. The van der Waals surface area contributed by atoms with Gasteiger partial charge in [0.25, 0.3) is 0 Å². The number of anilines is 1. The molecule has 3 aromatic rings. The van der Waals surface area contributed by atoms with Crippen LogP contribution in [-0.2, 0) is 21.4 Å². The van der Waals surface area contributed by atoms with Crippen LogP contribution in [0.25, 0.3) is 0 Å². The van der Waals surface area contributed by atoms with Gasteiger partial charge >= 0.3 is 0 Å². The number of rotatable bonds is 7. The Labute approximate surface area is 171 Å². The monoisotopic (exact) mass is 434 g/mol. The van der Waals surface area contributed by atoms with Crippen LogP contribution in [0, 0.1) is 6.92 Å². The largest absolute Gasteiger partial charge is 0.326 e. The maximum absolute atomic E-state index is 12.6. The van der Waals surface area contributed by atoms with Crippen LogP contribution in [0.1, 0.15) is 32.6 Å². The number of ketones is 1. The highest BCUT2D eigenvalue weighted by molar-refractivity contribution is 7.89. The van der Waals surface area contributed by atoms with Crippen molar-refractivity contribution >= 4 is 50.1 Å². The summed E-state index contributed by atoms with van der Waals surface area (Å²) in [5.74, 6) is -0.289. The lowest BCUT2D eigenvalue weighted by Crippen LogP contribution is -2.23. The van der Waals surface area contributed by atoms with Crippen molar-refractivity contribution < 1.29 is 18.0 Å². The summed E-state index contributed by atoms with van der Waals surface area (Å²) in [4.78, 5) is 24.9. The number of hydrogen-bond donors (Lipinski definition) is 2. The minimum atomic E-state index is -3.73. The minimum Gasteiger partial charge on any atom is -0.326 e. The average molecular weight is 435 g/mol. The lowest BCUT2D eigenvalue weighted by Gasteiger charge is -2.10. The minimum absolute atomic E-state index is 0.0650. The Bertz CT molecular complexity index is 1120. The van der Waals surface area contributed by atoms with Crippen molar-refractivity contribution in [3.8, 4) is 0 Å². The Kier molecular flexibility index (Phi) is 6.09. The molecule has 2 aromatic heterocycles. The van der Waals surface area contributed by atoms with E-state index in [2.05, 4.69) is 10.0 Å². The third-order valence-electron chi connectivity index (χ3n) is 3.89. The average Bonchev–Trinajstić information content (AvgIpc) is 3.31. The van der Waals surface area contributed by atoms with E-state index in [1.165, 1.54) is 35.7 Å². The lowest BCUT2D eigenvalue weighted by molar-refractivity contribution is -0.114. The molecule has 0 bridgehead atoms. The number of amides is 1. The lowest BCUT2D eigenvalue weighted by atomic mass is 10.2. The Morgan fingerprint density at radius 1 is 1.11 bits per heavy atom. The van der Waals surface area contributed by atoms with E-state index in [1.54, 1.807) is 42.6 Å². The van der Waals surface area contributed by atoms with Crippen molar-refractivity contribution in [3.63, 3.8) is 0 Å². The van der Waals surface area contributed by atoms with Gasteiger partial charge in [0.15, 0.2) is 0 Å². The predicted octanol–water partition coefficient (Wildman–Crippen LogP) is 3.79. The third kappa shape index (κ3) is 4.74. The molecule has 9 heteroatoms. The van der Waals surface area contributed by atoms with Crippen LogP contribution in [0.15, 0.2) is 52.1 Å². The fourth-order valence-electron chi connectivity index (χ4n) is 2.61. The van der Waals surface area contributed by atoms with Crippen LogP contribution in [0.3, 0.4) is 0 Å². The maximum atomic E-state index is 12.6. The van der Waals surface area contributed by atoms with Gasteiger partial charge in [-0.05, 0) is 54.3 Å². The Morgan fingerprint density at radius 3 is 2.54 bits per heavy atom. The summed E-state index contributed by atoms with van der Waals surface area (Å²) in [6, 6.07) is 9.84. The number of carbonyl (C=O) groups excluding carboxylic acids is 2. The van der Waals surface area contributed by atoms with Crippen LogP contribution in [0.4, 0.5) is 5.69 Å². The molecule has 0 unspecified atom stereocenters. The second kappa shape index (κ2) is 8.36. The normalized spacial score (nSPS) is 11.4. The SMILES string of the molecule is CC(=O)Nc1ccc(S(=O)(=O)NCc2ccc(C(=O)c3ccsc3)s2)c(C)c1. The number of carbonyl (C=O) groups is 2. The van der Waals surface area contributed by atoms with Crippen molar-refractivity contribution in [1.82, 2.24) is 4.72 Å². The number of thiophene rings is 2. The van der Waals surface area contributed by atoms with Crippen molar-refractivity contribution in [2.75, 3.05) is 5.32 Å². The molecule has 2 heterocycles. The molecule has 0 atom stereocenters. The van der Waals surface area contributed by atoms with Crippen molar-refractivity contribution in [3.05, 3.63) is 68.0 Å². The van der Waals surface area contributed by atoms with E-state index < -0.39 is 10.0 Å². The number of nitrogens with one attached hydrogen (secondary N) is 2. The van der Waals surface area contributed by atoms with E-state index in [4.69, 9.17) is 0 Å². The molecule has 28 heavy (non-hydrogen) atoms. The molecule has 2 N–H and O–H groups in total. The molecule has 0 fully saturated rings. The summed E-state index contributed by atoms with van der Waals surface area (Å²) in [6.45, 7) is 3.15. The second-order valence-corrected chi connectivity index (χ2v) is 9.78. The van der Waals surface area contributed by atoms with Crippen LogP contribution in [0.5, 0.6) is 0 Å². The van der Waals surface area contributed by atoms with Crippen LogP contribution >= 0.6 is 22.7 Å². The first-order valence-corrected chi connectivity index (χ1v) is 11.5. The van der Waals surface area contributed by atoms with Gasteiger partial charge in [0.05, 0.1) is 9.77 Å². The first-order chi connectivity index (χ1) is 13.3. The molecule has 6 nitrogen and oxygen atoms in total. The third-order valence-corrected chi connectivity index (χ3v) is 7.22. The van der Waals surface area contributed by atoms with Gasteiger partial charge in [-0.3, -0.25) is 9.59 Å². The first kappa shape index (κ1) is 20.4.